The van der Waals surface area contributed by atoms with Crippen molar-refractivity contribution in [2.45, 2.75) is 51.1 Å². The van der Waals surface area contributed by atoms with Crippen molar-refractivity contribution < 1.29 is 9.59 Å². The Morgan fingerprint density at radius 3 is 2.38 bits per heavy atom. The highest BCUT2D eigenvalue weighted by Gasteiger charge is 2.41. The van der Waals surface area contributed by atoms with Crippen molar-refractivity contribution in [1.29, 1.82) is 0 Å². The zero-order valence-electron chi connectivity index (χ0n) is 18.6. The molecule has 2 aromatic carbocycles. The number of thioether (sulfide) groups is 1. The highest BCUT2D eigenvalue weighted by molar-refractivity contribution is 8.04. The third-order valence-corrected chi connectivity index (χ3v) is 7.83. The lowest BCUT2D eigenvalue weighted by atomic mass is 9.91. The number of primary amides is 1. The number of rotatable bonds is 8. The van der Waals surface area contributed by atoms with Crippen LogP contribution in [-0.2, 0) is 22.6 Å². The van der Waals surface area contributed by atoms with Crippen LogP contribution in [-0.4, -0.2) is 33.7 Å². The van der Waals surface area contributed by atoms with Crippen LogP contribution < -0.4 is 5.73 Å². The van der Waals surface area contributed by atoms with Crippen LogP contribution in [0.25, 0.3) is 0 Å². The fourth-order valence-electron chi connectivity index (χ4n) is 4.66. The minimum Gasteiger partial charge on any atom is -0.365 e. The largest absolute Gasteiger partial charge is 0.365 e. The molecule has 2 N–H and O–H groups in total. The number of amides is 2. The SMILES string of the molecule is CC1=C(C(N)=O)SC(N2CCCC(CCCc3ccccc3)C2=O)N1Cc1ccccc1. The number of piperidine rings is 1. The molecule has 0 bridgehead atoms. The van der Waals surface area contributed by atoms with E-state index < -0.39 is 5.91 Å². The molecule has 2 aliphatic heterocycles. The number of carbonyl (C=O) groups excluding carboxylic acids is 2. The zero-order chi connectivity index (χ0) is 22.5. The fourth-order valence-corrected chi connectivity index (χ4v) is 5.97. The predicted octanol–water partition coefficient (Wildman–Crippen LogP) is 4.50. The second kappa shape index (κ2) is 10.3. The molecule has 1 fully saturated rings. The van der Waals surface area contributed by atoms with Gasteiger partial charge >= 0.3 is 0 Å². The molecule has 0 aliphatic carbocycles. The summed E-state index contributed by atoms with van der Waals surface area (Å²) >= 11 is 1.42. The van der Waals surface area contributed by atoms with Gasteiger partial charge in [-0.25, -0.2) is 0 Å². The van der Waals surface area contributed by atoms with E-state index in [1.165, 1.54) is 17.3 Å². The molecular formula is C26H31N3O2S. The monoisotopic (exact) mass is 449 g/mol. The average molecular weight is 450 g/mol. The molecule has 2 aromatic rings. The lowest BCUT2D eigenvalue weighted by molar-refractivity contribution is -0.142. The second-order valence-corrected chi connectivity index (χ2v) is 9.65. The van der Waals surface area contributed by atoms with Gasteiger partial charge in [-0.2, -0.15) is 0 Å². The molecule has 2 aliphatic rings. The molecular weight excluding hydrogens is 418 g/mol. The lowest BCUT2D eigenvalue weighted by Crippen LogP contribution is -2.51. The maximum Gasteiger partial charge on any atom is 0.257 e. The number of nitrogens with zero attached hydrogens (tertiary/aromatic N) is 2. The third kappa shape index (κ3) is 5.01. The Hall–Kier alpha value is -2.73. The maximum atomic E-state index is 13.5. The van der Waals surface area contributed by atoms with Gasteiger partial charge in [0.1, 0.15) is 0 Å². The van der Waals surface area contributed by atoms with Gasteiger partial charge in [-0.3, -0.25) is 9.59 Å². The number of allylic oxidation sites excluding steroid dienone is 1. The van der Waals surface area contributed by atoms with Gasteiger partial charge in [0.25, 0.3) is 5.91 Å². The average Bonchev–Trinajstić information content (AvgIpc) is 3.12. The van der Waals surface area contributed by atoms with E-state index >= 15 is 0 Å². The summed E-state index contributed by atoms with van der Waals surface area (Å²) in [5.41, 5.74) is 8.77. The summed E-state index contributed by atoms with van der Waals surface area (Å²) in [5.74, 6) is -0.167. The van der Waals surface area contributed by atoms with Crippen molar-refractivity contribution in [3.8, 4) is 0 Å². The zero-order valence-corrected chi connectivity index (χ0v) is 19.4. The van der Waals surface area contributed by atoms with Crippen LogP contribution in [0.1, 0.15) is 43.7 Å². The maximum absolute atomic E-state index is 13.5. The highest BCUT2D eigenvalue weighted by Crippen LogP contribution is 2.42. The van der Waals surface area contributed by atoms with Crippen molar-refractivity contribution in [1.82, 2.24) is 9.80 Å². The second-order valence-electron chi connectivity index (χ2n) is 8.59. The van der Waals surface area contributed by atoms with E-state index in [1.54, 1.807) is 0 Å². The number of nitrogens with two attached hydrogens (primary N) is 1. The van der Waals surface area contributed by atoms with Gasteiger partial charge in [-0.1, -0.05) is 72.4 Å². The highest BCUT2D eigenvalue weighted by atomic mass is 32.2. The first-order valence-electron chi connectivity index (χ1n) is 11.4. The fraction of sp³-hybridized carbons (Fsp3) is 0.385. The van der Waals surface area contributed by atoms with E-state index in [0.717, 1.165) is 49.9 Å². The Morgan fingerprint density at radius 1 is 1.06 bits per heavy atom. The molecule has 32 heavy (non-hydrogen) atoms. The van der Waals surface area contributed by atoms with Gasteiger partial charge in [0.05, 0.1) is 4.91 Å². The van der Waals surface area contributed by atoms with Crippen LogP contribution in [0.4, 0.5) is 0 Å². The molecule has 2 atom stereocenters. The summed E-state index contributed by atoms with van der Waals surface area (Å²) in [7, 11) is 0. The van der Waals surface area contributed by atoms with E-state index in [9.17, 15) is 9.59 Å². The normalized spacial score (nSPS) is 21.3. The standard InChI is InChI=1S/C26H31N3O2S/c1-19-23(24(27)30)32-26(29(19)18-21-12-6-3-7-13-21)28-17-9-16-22(25(28)31)15-8-14-20-10-4-2-5-11-20/h2-7,10-13,22,26H,8-9,14-18H2,1H3,(H2,27,30). The van der Waals surface area contributed by atoms with Crippen LogP contribution in [0.15, 0.2) is 71.3 Å². The van der Waals surface area contributed by atoms with Crippen LogP contribution in [0.5, 0.6) is 0 Å². The molecule has 2 amide bonds. The Kier molecular flexibility index (Phi) is 7.20. The number of aryl methyl sites for hydroxylation is 1. The van der Waals surface area contributed by atoms with Crippen LogP contribution >= 0.6 is 11.8 Å². The van der Waals surface area contributed by atoms with Gasteiger partial charge in [0.2, 0.25) is 5.91 Å². The lowest BCUT2D eigenvalue weighted by Gasteiger charge is -2.41. The van der Waals surface area contributed by atoms with E-state index in [2.05, 4.69) is 41.3 Å². The molecule has 168 valence electrons. The summed E-state index contributed by atoms with van der Waals surface area (Å²) < 4.78 is 0. The van der Waals surface area contributed by atoms with Crippen LogP contribution in [0.2, 0.25) is 0 Å². The Bertz CT molecular complexity index is 977. The number of benzene rings is 2. The minimum absolute atomic E-state index is 0.0459. The molecule has 0 spiro atoms. The van der Waals surface area contributed by atoms with Gasteiger partial charge < -0.3 is 15.5 Å². The summed E-state index contributed by atoms with van der Waals surface area (Å²) in [6.45, 7) is 3.29. The predicted molar refractivity (Wildman–Crippen MR) is 129 cm³/mol. The first-order chi connectivity index (χ1) is 15.5. The minimum atomic E-state index is -0.420. The first kappa shape index (κ1) is 22.5. The van der Waals surface area contributed by atoms with Gasteiger partial charge in [0.15, 0.2) is 5.50 Å². The molecule has 0 aromatic heterocycles. The van der Waals surface area contributed by atoms with E-state index in [0.29, 0.717) is 11.4 Å². The summed E-state index contributed by atoms with van der Waals surface area (Å²) in [4.78, 5) is 30.3. The number of hydrogen-bond donors (Lipinski definition) is 1. The van der Waals surface area contributed by atoms with Crippen molar-refractivity contribution in [3.05, 3.63) is 82.4 Å². The molecule has 2 unspecified atom stereocenters. The molecule has 4 rings (SSSR count). The molecule has 0 saturated carbocycles. The topological polar surface area (TPSA) is 66.6 Å². The quantitative estimate of drug-likeness (QED) is 0.645. The van der Waals surface area contributed by atoms with Crippen molar-refractivity contribution in [2.24, 2.45) is 11.7 Å². The van der Waals surface area contributed by atoms with Crippen molar-refractivity contribution in [3.63, 3.8) is 0 Å². The van der Waals surface area contributed by atoms with Crippen molar-refractivity contribution >= 4 is 23.6 Å². The number of likely N-dealkylation sites (tertiary alicyclic amines) is 1. The molecule has 2 heterocycles. The van der Waals surface area contributed by atoms with E-state index in [-0.39, 0.29) is 17.3 Å². The molecule has 5 nitrogen and oxygen atoms in total. The van der Waals surface area contributed by atoms with Gasteiger partial charge in [-0.05, 0) is 50.2 Å². The Balaban J connectivity index is 1.46. The Morgan fingerprint density at radius 2 is 1.72 bits per heavy atom. The van der Waals surface area contributed by atoms with Crippen LogP contribution in [0.3, 0.4) is 0 Å². The summed E-state index contributed by atoms with van der Waals surface area (Å²) in [6, 6.07) is 20.6. The summed E-state index contributed by atoms with van der Waals surface area (Å²) in [6.07, 6.45) is 4.83. The number of hydrogen-bond acceptors (Lipinski definition) is 4. The third-order valence-electron chi connectivity index (χ3n) is 6.38. The van der Waals surface area contributed by atoms with Gasteiger partial charge in [0, 0.05) is 24.7 Å². The van der Waals surface area contributed by atoms with Crippen LogP contribution in [0, 0.1) is 5.92 Å². The van der Waals surface area contributed by atoms with E-state index in [1.807, 2.05) is 36.1 Å². The molecule has 0 radical (unpaired) electrons. The smallest absolute Gasteiger partial charge is 0.257 e. The first-order valence-corrected chi connectivity index (χ1v) is 12.2. The number of carbonyl (C=O) groups is 2. The Labute approximate surface area is 194 Å². The molecule has 1 saturated heterocycles. The van der Waals surface area contributed by atoms with Crippen molar-refractivity contribution in [2.75, 3.05) is 6.54 Å². The summed E-state index contributed by atoms with van der Waals surface area (Å²) in [5, 5.41) is 0. The molecule has 6 heteroatoms. The van der Waals surface area contributed by atoms with Gasteiger partial charge in [-0.15, -0.1) is 0 Å². The van der Waals surface area contributed by atoms with E-state index in [4.69, 9.17) is 5.73 Å².